The Bertz CT molecular complexity index is 1020. The van der Waals surface area contributed by atoms with Gasteiger partial charge in [0.2, 0.25) is 0 Å². The minimum atomic E-state index is -4.72. The van der Waals surface area contributed by atoms with Crippen LogP contribution in [0.25, 0.3) is 0 Å². The van der Waals surface area contributed by atoms with Crippen molar-refractivity contribution in [2.24, 2.45) is 5.73 Å². The molecule has 0 saturated heterocycles. The van der Waals surface area contributed by atoms with E-state index in [1.807, 2.05) is 0 Å². The van der Waals surface area contributed by atoms with Gasteiger partial charge >= 0.3 is 25.7 Å². The fourth-order valence-electron chi connectivity index (χ4n) is 4.96. The molecule has 0 aliphatic rings. The maximum absolute atomic E-state index is 12.5. The minimum absolute atomic E-state index is 0.137. The molecule has 0 amide bonds. The number of carbonyl (C=O) groups excluding carboxylic acids is 2. The third-order valence-corrected chi connectivity index (χ3v) is 9.06. The lowest BCUT2D eigenvalue weighted by Gasteiger charge is -2.20. The Hall–Kier alpha value is -2.30. The number of carboxylic acid groups (broad SMARTS) is 1. The maximum Gasteiger partial charge on any atom is 0.472 e. The number of carboxylic acids is 1. The molecular formula is C39H70NO10P. The molecule has 0 saturated carbocycles. The molecule has 12 heteroatoms. The Balaban J connectivity index is 4.48. The first-order chi connectivity index (χ1) is 24.6. The van der Waals surface area contributed by atoms with Crippen molar-refractivity contribution in [3.8, 4) is 0 Å². The number of aliphatic carboxylic acids is 1. The SMILES string of the molecule is CCCC/C=C/C/C=C/CCCCCCCC(=O)OC[C@H](COP(=O)(O)OC[C@H](N)C(=O)O)OC(=O)CCCCC/C=C/CCCCCCCC. The third-order valence-electron chi connectivity index (χ3n) is 8.11. The first-order valence-corrected chi connectivity index (χ1v) is 21.0. The van der Waals surface area contributed by atoms with Crippen LogP contribution in [0.2, 0.25) is 0 Å². The van der Waals surface area contributed by atoms with Gasteiger partial charge in [-0.15, -0.1) is 0 Å². The average molecular weight is 744 g/mol. The highest BCUT2D eigenvalue weighted by Gasteiger charge is 2.28. The highest BCUT2D eigenvalue weighted by atomic mass is 31.2. The summed E-state index contributed by atoms with van der Waals surface area (Å²) in [4.78, 5) is 45.7. The Labute approximate surface area is 308 Å². The largest absolute Gasteiger partial charge is 0.480 e. The van der Waals surface area contributed by atoms with Crippen LogP contribution in [0.5, 0.6) is 0 Å². The van der Waals surface area contributed by atoms with Gasteiger partial charge in [0, 0.05) is 12.8 Å². The van der Waals surface area contributed by atoms with E-state index in [2.05, 4.69) is 54.8 Å². The van der Waals surface area contributed by atoms with Crippen LogP contribution in [0.15, 0.2) is 36.5 Å². The number of hydrogen-bond donors (Lipinski definition) is 3. The molecule has 0 aromatic carbocycles. The van der Waals surface area contributed by atoms with Gasteiger partial charge in [-0.2, -0.15) is 0 Å². The van der Waals surface area contributed by atoms with E-state index in [0.717, 1.165) is 70.6 Å². The molecule has 51 heavy (non-hydrogen) atoms. The van der Waals surface area contributed by atoms with Crippen LogP contribution in [0.1, 0.15) is 162 Å². The van der Waals surface area contributed by atoms with E-state index >= 15 is 0 Å². The molecule has 0 aromatic rings. The molecule has 0 aliphatic heterocycles. The number of allylic oxidation sites excluding steroid dienone is 6. The van der Waals surface area contributed by atoms with Crippen LogP contribution in [-0.4, -0.2) is 59.9 Å². The fraction of sp³-hybridized carbons (Fsp3) is 0.769. The summed E-state index contributed by atoms with van der Waals surface area (Å²) in [6.45, 7) is 2.70. The lowest BCUT2D eigenvalue weighted by atomic mass is 10.1. The number of esters is 2. The van der Waals surface area contributed by atoms with Crippen LogP contribution in [0, 0.1) is 0 Å². The first-order valence-electron chi connectivity index (χ1n) is 19.5. The van der Waals surface area contributed by atoms with Crippen molar-refractivity contribution >= 4 is 25.7 Å². The summed E-state index contributed by atoms with van der Waals surface area (Å²) < 4.78 is 32.5. The second kappa shape index (κ2) is 34.8. The van der Waals surface area contributed by atoms with Crippen LogP contribution < -0.4 is 5.73 Å². The molecule has 0 radical (unpaired) electrons. The molecule has 1 unspecified atom stereocenters. The van der Waals surface area contributed by atoms with E-state index in [9.17, 15) is 23.8 Å². The van der Waals surface area contributed by atoms with E-state index in [0.29, 0.717) is 12.8 Å². The molecule has 0 fully saturated rings. The fourth-order valence-corrected chi connectivity index (χ4v) is 5.73. The van der Waals surface area contributed by atoms with Gasteiger partial charge < -0.3 is 25.2 Å². The predicted octanol–water partition coefficient (Wildman–Crippen LogP) is 9.67. The zero-order chi connectivity index (χ0) is 37.8. The Morgan fingerprint density at radius 3 is 1.63 bits per heavy atom. The molecule has 0 spiro atoms. The molecule has 4 N–H and O–H groups in total. The van der Waals surface area contributed by atoms with Gasteiger partial charge in [-0.05, 0) is 64.2 Å². The summed E-state index contributed by atoms with van der Waals surface area (Å²) in [6.07, 6.45) is 35.0. The van der Waals surface area contributed by atoms with Crippen molar-refractivity contribution < 1.29 is 47.5 Å². The number of rotatable bonds is 36. The number of ether oxygens (including phenoxy) is 2. The molecule has 0 bridgehead atoms. The summed E-state index contributed by atoms with van der Waals surface area (Å²) in [5, 5.41) is 8.86. The monoisotopic (exact) mass is 743 g/mol. The third kappa shape index (κ3) is 34.5. The average Bonchev–Trinajstić information content (AvgIpc) is 3.10. The normalized spacial score (nSPS) is 14.3. The standard InChI is InChI=1S/C39H70NO10P/c1-3-5-7-9-11-13-15-17-19-20-22-24-26-28-30-37(41)47-32-35(33-48-51(45,46)49-34-36(40)39(43)44)50-38(42)31-29-27-25-23-21-18-16-14-12-10-8-6-4-2/h9,11,15,17-18,21,35-36H,3-8,10,12-14,16,19-20,22-34,40H2,1-2H3,(H,43,44)(H,45,46)/b11-9+,17-15+,21-18+/t35-,36+/m1/s1. The quantitative estimate of drug-likeness (QED) is 0.0241. The van der Waals surface area contributed by atoms with Crippen molar-refractivity contribution in [1.29, 1.82) is 0 Å². The summed E-state index contributed by atoms with van der Waals surface area (Å²) in [6, 6.07) is -1.52. The van der Waals surface area contributed by atoms with Gasteiger partial charge in [-0.25, -0.2) is 4.57 Å². The molecular weight excluding hydrogens is 673 g/mol. The lowest BCUT2D eigenvalue weighted by molar-refractivity contribution is -0.161. The van der Waals surface area contributed by atoms with Crippen LogP contribution in [0.4, 0.5) is 0 Å². The topological polar surface area (TPSA) is 172 Å². The molecule has 0 rings (SSSR count). The highest BCUT2D eigenvalue weighted by Crippen LogP contribution is 2.43. The number of hydrogen-bond acceptors (Lipinski definition) is 9. The number of unbranched alkanes of at least 4 members (excludes halogenated alkanes) is 16. The highest BCUT2D eigenvalue weighted by molar-refractivity contribution is 7.47. The predicted molar refractivity (Wildman–Crippen MR) is 203 cm³/mol. The van der Waals surface area contributed by atoms with Gasteiger partial charge in [-0.1, -0.05) is 121 Å². The molecule has 296 valence electrons. The zero-order valence-electron chi connectivity index (χ0n) is 31.7. The van der Waals surface area contributed by atoms with Gasteiger partial charge in [-0.3, -0.25) is 23.4 Å². The van der Waals surface area contributed by atoms with Gasteiger partial charge in [0.25, 0.3) is 0 Å². The Morgan fingerprint density at radius 1 is 0.608 bits per heavy atom. The minimum Gasteiger partial charge on any atom is -0.480 e. The van der Waals surface area contributed by atoms with Gasteiger partial charge in [0.15, 0.2) is 6.10 Å². The van der Waals surface area contributed by atoms with Crippen molar-refractivity contribution in [2.75, 3.05) is 19.8 Å². The van der Waals surface area contributed by atoms with Crippen LogP contribution in [-0.2, 0) is 37.5 Å². The van der Waals surface area contributed by atoms with Crippen molar-refractivity contribution in [1.82, 2.24) is 0 Å². The smallest absolute Gasteiger partial charge is 0.472 e. The van der Waals surface area contributed by atoms with Gasteiger partial charge in [0.1, 0.15) is 12.6 Å². The van der Waals surface area contributed by atoms with E-state index in [1.54, 1.807) is 0 Å². The van der Waals surface area contributed by atoms with Crippen molar-refractivity contribution in [2.45, 2.75) is 174 Å². The van der Waals surface area contributed by atoms with Crippen molar-refractivity contribution in [3.63, 3.8) is 0 Å². The first kappa shape index (κ1) is 48.7. The van der Waals surface area contributed by atoms with E-state index in [-0.39, 0.29) is 19.4 Å². The Morgan fingerprint density at radius 2 is 1.06 bits per heavy atom. The summed E-state index contributed by atoms with van der Waals surface area (Å²) in [5.74, 6) is -2.42. The van der Waals surface area contributed by atoms with E-state index in [4.69, 9.17) is 24.8 Å². The lowest BCUT2D eigenvalue weighted by Crippen LogP contribution is -2.34. The van der Waals surface area contributed by atoms with E-state index in [1.165, 1.54) is 51.4 Å². The molecule has 0 aliphatic carbocycles. The second-order valence-corrected chi connectivity index (χ2v) is 14.5. The zero-order valence-corrected chi connectivity index (χ0v) is 32.6. The maximum atomic E-state index is 12.5. The molecule has 3 atom stereocenters. The summed E-state index contributed by atoms with van der Waals surface area (Å²) >= 11 is 0. The molecule has 0 heterocycles. The summed E-state index contributed by atoms with van der Waals surface area (Å²) in [5.41, 5.74) is 5.31. The number of phosphoric acid groups is 1. The van der Waals surface area contributed by atoms with Crippen LogP contribution >= 0.6 is 7.82 Å². The van der Waals surface area contributed by atoms with Crippen molar-refractivity contribution in [3.05, 3.63) is 36.5 Å². The Kier molecular flexibility index (Phi) is 33.2. The van der Waals surface area contributed by atoms with Crippen LogP contribution in [0.3, 0.4) is 0 Å². The number of phosphoric ester groups is 1. The number of carbonyl (C=O) groups is 3. The van der Waals surface area contributed by atoms with E-state index < -0.39 is 51.1 Å². The van der Waals surface area contributed by atoms with Gasteiger partial charge in [0.05, 0.1) is 13.2 Å². The molecule has 11 nitrogen and oxygen atoms in total. The summed E-state index contributed by atoms with van der Waals surface area (Å²) in [7, 11) is -4.72. The number of nitrogens with two attached hydrogens (primary N) is 1. The second-order valence-electron chi connectivity index (χ2n) is 13.1. The molecule has 0 aromatic heterocycles.